The first-order valence-corrected chi connectivity index (χ1v) is 3.85. The Labute approximate surface area is 79.4 Å². The number of hydrogen-bond donors (Lipinski definition) is 2. The lowest BCUT2D eigenvalue weighted by atomic mass is 10.3. The van der Waals surface area contributed by atoms with E-state index >= 15 is 0 Å². The van der Waals surface area contributed by atoms with Crippen LogP contribution in [0.2, 0.25) is 0 Å². The molecule has 6 heteroatoms. The second-order valence-corrected chi connectivity index (χ2v) is 2.73. The highest BCUT2D eigenvalue weighted by atomic mass is 32.1. The Balaban J connectivity index is 3.48. The molecule has 1 rings (SSSR count). The fraction of sp³-hybridized carbons (Fsp3) is 0.286. The minimum Gasteiger partial charge on any atom is -0.482 e. The van der Waals surface area contributed by atoms with Crippen molar-refractivity contribution in [1.82, 2.24) is 9.97 Å². The van der Waals surface area contributed by atoms with Crippen molar-refractivity contribution in [2.24, 2.45) is 0 Å². The third-order valence-electron chi connectivity index (χ3n) is 1.42. The molecule has 1 aromatic heterocycles. The largest absolute Gasteiger partial charge is 0.482 e. The van der Waals surface area contributed by atoms with E-state index < -0.39 is 5.97 Å². The number of aromatic amines is 1. The summed E-state index contributed by atoms with van der Waals surface area (Å²) in [5.41, 5.74) is -0.108. The average Bonchev–Trinajstić information content (AvgIpc) is 2.01. The molecule has 0 saturated carbocycles. The van der Waals surface area contributed by atoms with Gasteiger partial charge in [-0.3, -0.25) is 0 Å². The summed E-state index contributed by atoms with van der Waals surface area (Å²) in [7, 11) is 1.37. The fourth-order valence-corrected chi connectivity index (χ4v) is 1.22. The fourth-order valence-electron chi connectivity index (χ4n) is 0.902. The molecule has 0 saturated heterocycles. The highest BCUT2D eigenvalue weighted by molar-refractivity contribution is 7.71. The number of aromatic carboxylic acids is 1. The molecule has 1 aromatic rings. The number of hydrogen-bond acceptors (Lipinski definition) is 4. The number of H-pyrrole nitrogens is 1. The minimum absolute atomic E-state index is 0.0283. The Hall–Kier alpha value is -1.43. The van der Waals surface area contributed by atoms with Gasteiger partial charge in [0.1, 0.15) is 10.5 Å². The smallest absolute Gasteiger partial charge is 0.344 e. The van der Waals surface area contributed by atoms with Gasteiger partial charge in [-0.2, -0.15) is 0 Å². The molecular formula is C7H8N2O3S. The lowest BCUT2D eigenvalue weighted by Crippen LogP contribution is -2.06. The summed E-state index contributed by atoms with van der Waals surface area (Å²) in [4.78, 5) is 17.2. The summed E-state index contributed by atoms with van der Waals surface area (Å²) < 4.78 is 4.85. The van der Waals surface area contributed by atoms with Gasteiger partial charge in [-0.05, 0) is 6.92 Å². The zero-order valence-corrected chi connectivity index (χ0v) is 7.94. The first-order valence-electron chi connectivity index (χ1n) is 3.44. The van der Waals surface area contributed by atoms with Crippen LogP contribution in [0.25, 0.3) is 0 Å². The molecule has 0 aliphatic rings. The van der Waals surface area contributed by atoms with Crippen molar-refractivity contribution in [2.75, 3.05) is 7.11 Å². The monoisotopic (exact) mass is 200 g/mol. The second-order valence-electron chi connectivity index (χ2n) is 2.34. The van der Waals surface area contributed by atoms with Crippen LogP contribution in [-0.2, 0) is 0 Å². The predicted octanol–water partition coefficient (Wildman–Crippen LogP) is 1.15. The van der Waals surface area contributed by atoms with Gasteiger partial charge in [-0.25, -0.2) is 9.78 Å². The van der Waals surface area contributed by atoms with Crippen LogP contribution < -0.4 is 4.74 Å². The summed E-state index contributed by atoms with van der Waals surface area (Å²) in [5.74, 6) is -0.498. The summed E-state index contributed by atoms with van der Waals surface area (Å²) >= 11 is 4.78. The van der Waals surface area contributed by atoms with E-state index in [9.17, 15) is 4.79 Å². The van der Waals surface area contributed by atoms with E-state index in [1.807, 2.05) is 0 Å². The zero-order chi connectivity index (χ0) is 10.0. The zero-order valence-electron chi connectivity index (χ0n) is 7.12. The number of nitrogens with one attached hydrogen (secondary N) is 1. The molecule has 0 atom stereocenters. The normalized spacial score (nSPS) is 9.69. The van der Waals surface area contributed by atoms with Crippen LogP contribution in [0, 0.1) is 11.6 Å². The maximum Gasteiger partial charge on any atom is 0.344 e. The molecule has 0 unspecified atom stereocenters. The Morgan fingerprint density at radius 1 is 1.69 bits per heavy atom. The maximum atomic E-state index is 10.7. The standard InChI is InChI=1S/C7H8N2O3S/c1-3-8-5(12-2)4(7(10)11)6(13)9-3/h1-2H3,(H,10,11)(H,8,9,13). The van der Waals surface area contributed by atoms with Gasteiger partial charge in [0.15, 0.2) is 5.56 Å². The number of ether oxygens (including phenoxy) is 1. The van der Waals surface area contributed by atoms with Crippen molar-refractivity contribution in [3.8, 4) is 5.88 Å². The molecule has 0 fully saturated rings. The van der Waals surface area contributed by atoms with Crippen LogP contribution in [0.3, 0.4) is 0 Å². The molecule has 13 heavy (non-hydrogen) atoms. The molecule has 0 aromatic carbocycles. The van der Waals surface area contributed by atoms with Crippen molar-refractivity contribution < 1.29 is 14.6 Å². The number of nitrogens with zero attached hydrogens (tertiary/aromatic N) is 1. The van der Waals surface area contributed by atoms with E-state index in [1.165, 1.54) is 7.11 Å². The highest BCUT2D eigenvalue weighted by Gasteiger charge is 2.14. The van der Waals surface area contributed by atoms with E-state index in [4.69, 9.17) is 22.1 Å². The van der Waals surface area contributed by atoms with Crippen LogP contribution in [0.5, 0.6) is 5.88 Å². The van der Waals surface area contributed by atoms with Gasteiger partial charge in [-0.1, -0.05) is 12.2 Å². The lowest BCUT2D eigenvalue weighted by molar-refractivity contribution is 0.0691. The number of aromatic nitrogens is 2. The highest BCUT2D eigenvalue weighted by Crippen LogP contribution is 2.15. The molecule has 0 radical (unpaired) electrons. The molecular weight excluding hydrogens is 192 g/mol. The van der Waals surface area contributed by atoms with E-state index in [1.54, 1.807) is 6.92 Å². The van der Waals surface area contributed by atoms with Crippen molar-refractivity contribution in [2.45, 2.75) is 6.92 Å². The van der Waals surface area contributed by atoms with Crippen molar-refractivity contribution in [3.05, 3.63) is 16.0 Å². The molecule has 0 bridgehead atoms. The van der Waals surface area contributed by atoms with Gasteiger partial charge >= 0.3 is 5.97 Å². The molecule has 1 heterocycles. The molecule has 0 aliphatic heterocycles. The maximum absolute atomic E-state index is 10.7. The van der Waals surface area contributed by atoms with E-state index in [0.29, 0.717) is 5.82 Å². The predicted molar refractivity (Wildman–Crippen MR) is 47.7 cm³/mol. The van der Waals surface area contributed by atoms with Crippen LogP contribution >= 0.6 is 12.2 Å². The van der Waals surface area contributed by atoms with E-state index in [2.05, 4.69) is 9.97 Å². The SMILES string of the molecule is COc1[nH]c(C)nc(=S)c1C(=O)O. The molecule has 2 N–H and O–H groups in total. The summed E-state index contributed by atoms with van der Waals surface area (Å²) in [5, 5.41) is 8.76. The van der Waals surface area contributed by atoms with Gasteiger partial charge in [0.2, 0.25) is 5.88 Å². The van der Waals surface area contributed by atoms with Gasteiger partial charge in [-0.15, -0.1) is 0 Å². The second kappa shape index (κ2) is 3.53. The molecule has 0 amide bonds. The van der Waals surface area contributed by atoms with Crippen molar-refractivity contribution >= 4 is 18.2 Å². The topological polar surface area (TPSA) is 75.2 Å². The minimum atomic E-state index is -1.15. The van der Waals surface area contributed by atoms with Gasteiger partial charge in [0, 0.05) is 0 Å². The Kier molecular flexibility index (Phi) is 2.62. The Bertz CT molecular complexity index is 399. The van der Waals surface area contributed by atoms with Crippen molar-refractivity contribution in [3.63, 3.8) is 0 Å². The van der Waals surface area contributed by atoms with Gasteiger partial charge in [0.25, 0.3) is 0 Å². The first kappa shape index (κ1) is 9.66. The Morgan fingerprint density at radius 2 is 2.31 bits per heavy atom. The number of rotatable bonds is 2. The Morgan fingerprint density at radius 3 is 2.77 bits per heavy atom. The molecule has 5 nitrogen and oxygen atoms in total. The number of carbonyl (C=O) groups is 1. The third kappa shape index (κ3) is 1.83. The van der Waals surface area contributed by atoms with Crippen LogP contribution in [-0.4, -0.2) is 28.2 Å². The summed E-state index contributed by atoms with van der Waals surface area (Å²) in [6.45, 7) is 1.67. The first-order chi connectivity index (χ1) is 6.06. The number of carboxylic acids is 1. The number of aryl methyl sites for hydroxylation is 1. The van der Waals surface area contributed by atoms with Crippen LogP contribution in [0.15, 0.2) is 0 Å². The van der Waals surface area contributed by atoms with Gasteiger partial charge in [0.05, 0.1) is 7.11 Å². The third-order valence-corrected chi connectivity index (χ3v) is 1.72. The number of carboxylic acid groups (broad SMARTS) is 1. The molecule has 0 spiro atoms. The number of methoxy groups -OCH3 is 1. The molecule has 0 aliphatic carbocycles. The van der Waals surface area contributed by atoms with E-state index in [-0.39, 0.29) is 16.1 Å². The quantitative estimate of drug-likeness (QED) is 0.700. The van der Waals surface area contributed by atoms with Crippen LogP contribution in [0.4, 0.5) is 0 Å². The summed E-state index contributed by atoms with van der Waals surface area (Å²) in [6, 6.07) is 0. The van der Waals surface area contributed by atoms with Crippen LogP contribution in [0.1, 0.15) is 16.2 Å². The van der Waals surface area contributed by atoms with Crippen molar-refractivity contribution in [1.29, 1.82) is 0 Å². The van der Waals surface area contributed by atoms with E-state index in [0.717, 1.165) is 0 Å². The van der Waals surface area contributed by atoms with Gasteiger partial charge < -0.3 is 14.8 Å². The summed E-state index contributed by atoms with van der Waals surface area (Å²) in [6.07, 6.45) is 0. The average molecular weight is 200 g/mol. The molecule has 70 valence electrons. The lowest BCUT2D eigenvalue weighted by Gasteiger charge is -2.04.